The van der Waals surface area contributed by atoms with Crippen molar-refractivity contribution in [2.24, 2.45) is 0 Å². The molecule has 0 atom stereocenters. The minimum atomic E-state index is -0.358. The van der Waals surface area contributed by atoms with E-state index in [1.165, 1.54) is 7.11 Å². The summed E-state index contributed by atoms with van der Waals surface area (Å²) in [7, 11) is 3.09. The Morgan fingerprint density at radius 3 is 2.54 bits per heavy atom. The van der Waals surface area contributed by atoms with Crippen molar-refractivity contribution >= 4 is 23.2 Å². The highest BCUT2D eigenvalue weighted by Crippen LogP contribution is 2.31. The Morgan fingerprint density at radius 2 is 1.81 bits per heavy atom. The van der Waals surface area contributed by atoms with E-state index in [-0.39, 0.29) is 11.7 Å². The van der Waals surface area contributed by atoms with Crippen LogP contribution in [-0.2, 0) is 0 Å². The number of benzene rings is 2. The second kappa shape index (κ2) is 7.54. The fourth-order valence-corrected chi connectivity index (χ4v) is 2.76. The Hall–Kier alpha value is -2.92. The summed E-state index contributed by atoms with van der Waals surface area (Å²) in [5, 5.41) is 3.43. The van der Waals surface area contributed by atoms with Crippen molar-refractivity contribution in [1.29, 1.82) is 0 Å². The molecule has 1 heterocycles. The van der Waals surface area contributed by atoms with E-state index < -0.39 is 0 Å². The zero-order valence-corrected chi connectivity index (χ0v) is 15.4. The molecule has 134 valence electrons. The highest BCUT2D eigenvalue weighted by molar-refractivity contribution is 6.31. The molecular weight excluding hydrogens is 354 g/mol. The maximum Gasteiger partial charge on any atom is 0.291 e. The molecule has 26 heavy (non-hydrogen) atoms. The molecule has 0 aliphatic rings. The normalized spacial score (nSPS) is 10.5. The quantitative estimate of drug-likeness (QED) is 0.671. The topological polar surface area (TPSA) is 60.7 Å². The summed E-state index contributed by atoms with van der Waals surface area (Å²) in [4.78, 5) is 12.5. The predicted octanol–water partition coefficient (Wildman–Crippen LogP) is 5.18. The summed E-state index contributed by atoms with van der Waals surface area (Å²) in [5.74, 6) is 1.54. The van der Waals surface area contributed by atoms with E-state index in [4.69, 9.17) is 25.5 Å². The first-order chi connectivity index (χ1) is 12.5. The zero-order valence-electron chi connectivity index (χ0n) is 14.6. The van der Waals surface area contributed by atoms with E-state index in [0.717, 1.165) is 11.1 Å². The van der Waals surface area contributed by atoms with Crippen LogP contribution in [0.15, 0.2) is 52.9 Å². The van der Waals surface area contributed by atoms with Crippen molar-refractivity contribution in [2.45, 2.75) is 6.92 Å². The number of methoxy groups -OCH3 is 2. The summed E-state index contributed by atoms with van der Waals surface area (Å²) >= 11 is 6.15. The Kier molecular flexibility index (Phi) is 5.19. The van der Waals surface area contributed by atoms with Gasteiger partial charge in [0.2, 0.25) is 0 Å². The van der Waals surface area contributed by atoms with Crippen LogP contribution in [0.4, 0.5) is 5.69 Å². The first kappa shape index (κ1) is 17.9. The SMILES string of the molecule is COc1ccc(NC(=O)c2ccc(-c3cccc(Cl)c3C)o2)cc1OC. The van der Waals surface area contributed by atoms with Gasteiger partial charge in [0, 0.05) is 22.3 Å². The summed E-state index contributed by atoms with van der Waals surface area (Å²) in [6.07, 6.45) is 0. The highest BCUT2D eigenvalue weighted by atomic mass is 35.5. The van der Waals surface area contributed by atoms with Gasteiger partial charge in [0.15, 0.2) is 17.3 Å². The number of hydrogen-bond acceptors (Lipinski definition) is 4. The average Bonchev–Trinajstić information content (AvgIpc) is 3.14. The Bertz CT molecular complexity index is 949. The monoisotopic (exact) mass is 371 g/mol. The van der Waals surface area contributed by atoms with E-state index in [2.05, 4.69) is 5.32 Å². The molecule has 0 aliphatic carbocycles. The van der Waals surface area contributed by atoms with Gasteiger partial charge in [-0.1, -0.05) is 23.7 Å². The summed E-state index contributed by atoms with van der Waals surface area (Å²) < 4.78 is 16.1. The second-order valence-electron chi connectivity index (χ2n) is 5.60. The fourth-order valence-electron chi connectivity index (χ4n) is 2.59. The third-order valence-electron chi connectivity index (χ3n) is 4.00. The van der Waals surface area contributed by atoms with Crippen LogP contribution in [0, 0.1) is 6.92 Å². The first-order valence-electron chi connectivity index (χ1n) is 7.92. The molecule has 0 spiro atoms. The molecular formula is C20H18ClNO4. The number of anilines is 1. The van der Waals surface area contributed by atoms with Crippen LogP contribution in [-0.4, -0.2) is 20.1 Å². The minimum Gasteiger partial charge on any atom is -0.493 e. The molecule has 0 radical (unpaired) electrons. The average molecular weight is 372 g/mol. The van der Waals surface area contributed by atoms with Gasteiger partial charge in [-0.3, -0.25) is 4.79 Å². The van der Waals surface area contributed by atoms with Crippen LogP contribution >= 0.6 is 11.6 Å². The van der Waals surface area contributed by atoms with E-state index in [0.29, 0.717) is 28.0 Å². The van der Waals surface area contributed by atoms with Gasteiger partial charge in [-0.15, -0.1) is 0 Å². The Morgan fingerprint density at radius 1 is 1.04 bits per heavy atom. The number of carbonyl (C=O) groups excluding carboxylic acids is 1. The van der Waals surface area contributed by atoms with Crippen molar-refractivity contribution in [3.8, 4) is 22.8 Å². The van der Waals surface area contributed by atoms with Crippen molar-refractivity contribution in [3.05, 3.63) is 64.9 Å². The number of hydrogen-bond donors (Lipinski definition) is 1. The van der Waals surface area contributed by atoms with Crippen molar-refractivity contribution < 1.29 is 18.7 Å². The smallest absolute Gasteiger partial charge is 0.291 e. The van der Waals surface area contributed by atoms with Gasteiger partial charge in [-0.2, -0.15) is 0 Å². The number of carbonyl (C=O) groups is 1. The molecule has 6 heteroatoms. The lowest BCUT2D eigenvalue weighted by Crippen LogP contribution is -2.10. The van der Waals surface area contributed by atoms with E-state index >= 15 is 0 Å². The third-order valence-corrected chi connectivity index (χ3v) is 4.41. The number of furan rings is 1. The lowest BCUT2D eigenvalue weighted by molar-refractivity contribution is 0.0997. The van der Waals surface area contributed by atoms with E-state index in [1.54, 1.807) is 37.4 Å². The zero-order chi connectivity index (χ0) is 18.7. The van der Waals surface area contributed by atoms with Crippen LogP contribution < -0.4 is 14.8 Å². The number of nitrogens with one attached hydrogen (secondary N) is 1. The molecule has 0 saturated heterocycles. The molecule has 2 aromatic carbocycles. The maximum absolute atomic E-state index is 12.5. The number of halogens is 1. The number of ether oxygens (including phenoxy) is 2. The molecule has 0 aliphatic heterocycles. The maximum atomic E-state index is 12.5. The van der Waals surface area contributed by atoms with Crippen LogP contribution in [0.1, 0.15) is 16.1 Å². The molecule has 1 N–H and O–H groups in total. The Balaban J connectivity index is 1.81. The van der Waals surface area contributed by atoms with Gasteiger partial charge >= 0.3 is 0 Å². The second-order valence-corrected chi connectivity index (χ2v) is 6.01. The van der Waals surface area contributed by atoms with E-state index in [9.17, 15) is 4.79 Å². The summed E-state index contributed by atoms with van der Waals surface area (Å²) in [6.45, 7) is 1.91. The third kappa shape index (κ3) is 3.53. The first-order valence-corrected chi connectivity index (χ1v) is 8.30. The molecule has 0 unspecified atom stereocenters. The van der Waals surface area contributed by atoms with E-state index in [1.807, 2.05) is 25.1 Å². The molecule has 5 nitrogen and oxygen atoms in total. The lowest BCUT2D eigenvalue weighted by Gasteiger charge is -2.10. The van der Waals surface area contributed by atoms with Crippen molar-refractivity contribution in [3.63, 3.8) is 0 Å². The standard InChI is InChI=1S/C20H18ClNO4/c1-12-14(5-4-6-15(12)21)16-9-10-18(26-16)20(23)22-13-7-8-17(24-2)19(11-13)25-3/h4-11H,1-3H3,(H,22,23). The van der Waals surface area contributed by atoms with Crippen LogP contribution in [0.2, 0.25) is 5.02 Å². The number of rotatable bonds is 5. The van der Waals surface area contributed by atoms with Crippen LogP contribution in [0.3, 0.4) is 0 Å². The van der Waals surface area contributed by atoms with Crippen molar-refractivity contribution in [1.82, 2.24) is 0 Å². The number of amides is 1. The minimum absolute atomic E-state index is 0.203. The molecule has 3 aromatic rings. The van der Waals surface area contributed by atoms with Crippen molar-refractivity contribution in [2.75, 3.05) is 19.5 Å². The lowest BCUT2D eigenvalue weighted by atomic mass is 10.1. The van der Waals surface area contributed by atoms with Gasteiger partial charge in [0.1, 0.15) is 5.76 Å². The summed E-state index contributed by atoms with van der Waals surface area (Å²) in [6, 6.07) is 14.1. The molecule has 1 amide bonds. The molecule has 1 aromatic heterocycles. The Labute approximate surface area is 156 Å². The van der Waals surface area contributed by atoms with Gasteiger partial charge in [0.25, 0.3) is 5.91 Å². The predicted molar refractivity (Wildman–Crippen MR) is 101 cm³/mol. The molecule has 0 saturated carbocycles. The van der Waals surface area contributed by atoms with Gasteiger partial charge in [-0.25, -0.2) is 0 Å². The van der Waals surface area contributed by atoms with Gasteiger partial charge in [0.05, 0.1) is 14.2 Å². The fraction of sp³-hybridized carbons (Fsp3) is 0.150. The molecule has 0 bridgehead atoms. The highest BCUT2D eigenvalue weighted by Gasteiger charge is 2.15. The molecule has 0 fully saturated rings. The van der Waals surface area contributed by atoms with Crippen LogP contribution in [0.5, 0.6) is 11.5 Å². The summed E-state index contributed by atoms with van der Waals surface area (Å²) in [5.41, 5.74) is 2.32. The van der Waals surface area contributed by atoms with Gasteiger partial charge in [-0.05, 0) is 42.8 Å². The molecule has 3 rings (SSSR count). The van der Waals surface area contributed by atoms with Crippen LogP contribution in [0.25, 0.3) is 11.3 Å². The largest absolute Gasteiger partial charge is 0.493 e. The van der Waals surface area contributed by atoms with Gasteiger partial charge < -0.3 is 19.2 Å².